The monoisotopic (exact) mass is 808 g/mol. The van der Waals surface area contributed by atoms with Gasteiger partial charge < -0.3 is 13.6 Å². The predicted octanol–water partition coefficient (Wildman–Crippen LogP) is 15.2. The van der Waals surface area contributed by atoms with E-state index in [0.29, 0.717) is 0 Å². The van der Waals surface area contributed by atoms with E-state index in [1.54, 1.807) is 0 Å². The molecule has 63 heavy (non-hydrogen) atoms. The lowest BCUT2D eigenvalue weighted by atomic mass is 9.91. The van der Waals surface area contributed by atoms with E-state index in [9.17, 15) is 0 Å². The lowest BCUT2D eigenvalue weighted by Crippen LogP contribution is -2.06. The molecule has 0 saturated carbocycles. The SMILES string of the molecule is C1=CC(c2cc(-c3ccccc3)nc(-c3ccccc3)n2)CC=C1n1c2ccccc2c2c(C3=CC=C(n4c5ccccc5c5ccccc54)CC3)cc3c4ccccc4oc3c21. The fourth-order valence-corrected chi connectivity index (χ4v) is 10.2. The molecule has 1 atom stereocenters. The molecule has 0 fully saturated rings. The molecule has 4 aromatic heterocycles. The summed E-state index contributed by atoms with van der Waals surface area (Å²) in [6.07, 6.45) is 14.4. The smallest absolute Gasteiger partial charge is 0.160 e. The minimum Gasteiger partial charge on any atom is -0.454 e. The summed E-state index contributed by atoms with van der Waals surface area (Å²) in [4.78, 5) is 10.2. The topological polar surface area (TPSA) is 48.8 Å². The van der Waals surface area contributed by atoms with Crippen molar-refractivity contribution in [2.45, 2.75) is 25.2 Å². The third-order valence-electron chi connectivity index (χ3n) is 13.2. The molecule has 0 aliphatic heterocycles. The highest BCUT2D eigenvalue weighted by Gasteiger charge is 2.26. The van der Waals surface area contributed by atoms with Gasteiger partial charge in [-0.25, -0.2) is 9.97 Å². The van der Waals surface area contributed by atoms with Crippen molar-refractivity contribution in [1.82, 2.24) is 19.1 Å². The number of nitrogens with zero attached hydrogens (tertiary/aromatic N) is 4. The Balaban J connectivity index is 0.968. The van der Waals surface area contributed by atoms with Gasteiger partial charge in [0.1, 0.15) is 5.58 Å². The van der Waals surface area contributed by atoms with Gasteiger partial charge in [-0.1, -0.05) is 152 Å². The Morgan fingerprint density at radius 3 is 1.86 bits per heavy atom. The highest BCUT2D eigenvalue weighted by Crippen LogP contribution is 2.47. The minimum atomic E-state index is 0.0828. The van der Waals surface area contributed by atoms with Crippen LogP contribution in [0, 0.1) is 0 Å². The number of rotatable bonds is 6. The summed E-state index contributed by atoms with van der Waals surface area (Å²) in [5.41, 5.74) is 15.6. The number of para-hydroxylation sites is 4. The normalized spacial score (nSPS) is 15.5. The van der Waals surface area contributed by atoms with Crippen LogP contribution in [0.25, 0.3) is 105 Å². The van der Waals surface area contributed by atoms with Crippen molar-refractivity contribution in [2.24, 2.45) is 0 Å². The van der Waals surface area contributed by atoms with Crippen molar-refractivity contribution in [3.05, 3.63) is 211 Å². The first-order valence-electron chi connectivity index (χ1n) is 21.9. The summed E-state index contributed by atoms with van der Waals surface area (Å²) in [6, 6.07) is 60.2. The molecule has 13 rings (SSSR count). The van der Waals surface area contributed by atoms with Gasteiger partial charge in [0.05, 0.1) is 33.5 Å². The fraction of sp³-hybridized carbons (Fsp3) is 0.0690. The standard InChI is InChI=1S/C58H40N4O/c1-3-15-38(16-4-1)49-36-50(60-58(59-49)40-17-5-2-6-18-40)39-29-33-42(34-30-39)62-53-25-13-9-22-46(53)55-47(35-48-45-21-10-14-26-54(45)63-57(48)56(55)62)37-27-31-41(32-28-37)61-51-23-11-7-19-43(51)44-20-8-12-24-52(44)61/h1-27,29,31,33-36,39H,28,30,32H2. The van der Waals surface area contributed by atoms with Crippen LogP contribution in [0.5, 0.6) is 0 Å². The van der Waals surface area contributed by atoms with E-state index < -0.39 is 0 Å². The van der Waals surface area contributed by atoms with E-state index >= 15 is 0 Å². The van der Waals surface area contributed by atoms with Gasteiger partial charge in [-0.15, -0.1) is 0 Å². The van der Waals surface area contributed by atoms with Crippen molar-refractivity contribution in [1.29, 1.82) is 0 Å². The van der Waals surface area contributed by atoms with Gasteiger partial charge in [0.15, 0.2) is 11.4 Å². The van der Waals surface area contributed by atoms with Crippen LogP contribution in [0.2, 0.25) is 0 Å². The molecule has 0 radical (unpaired) electrons. The van der Waals surface area contributed by atoms with E-state index in [0.717, 1.165) is 86.3 Å². The number of hydrogen-bond donors (Lipinski definition) is 0. The number of fused-ring (bicyclic) bond motifs is 10. The zero-order valence-electron chi connectivity index (χ0n) is 34.4. The zero-order chi connectivity index (χ0) is 41.4. The van der Waals surface area contributed by atoms with Crippen LogP contribution in [0.1, 0.15) is 36.4 Å². The molecule has 0 amide bonds. The number of hydrogen-bond acceptors (Lipinski definition) is 3. The predicted molar refractivity (Wildman–Crippen MR) is 261 cm³/mol. The van der Waals surface area contributed by atoms with Gasteiger partial charge in [-0.2, -0.15) is 0 Å². The number of aromatic nitrogens is 4. The lowest BCUT2D eigenvalue weighted by Gasteiger charge is -2.20. The van der Waals surface area contributed by atoms with Crippen molar-refractivity contribution in [2.75, 3.05) is 0 Å². The molecule has 2 aliphatic rings. The molecule has 0 saturated heterocycles. The molecule has 298 valence electrons. The summed E-state index contributed by atoms with van der Waals surface area (Å²) >= 11 is 0. The Labute approximate surface area is 363 Å². The zero-order valence-corrected chi connectivity index (χ0v) is 34.4. The van der Waals surface area contributed by atoms with E-state index in [-0.39, 0.29) is 5.92 Å². The molecular weight excluding hydrogens is 769 g/mol. The van der Waals surface area contributed by atoms with Crippen molar-refractivity contribution in [3.63, 3.8) is 0 Å². The van der Waals surface area contributed by atoms with E-state index in [4.69, 9.17) is 14.4 Å². The Morgan fingerprint density at radius 1 is 0.540 bits per heavy atom. The van der Waals surface area contributed by atoms with Crippen molar-refractivity contribution < 1.29 is 4.42 Å². The molecule has 5 nitrogen and oxygen atoms in total. The molecule has 1 unspecified atom stereocenters. The van der Waals surface area contributed by atoms with E-state index in [1.165, 1.54) is 49.4 Å². The Morgan fingerprint density at radius 2 is 1.17 bits per heavy atom. The summed E-state index contributed by atoms with van der Waals surface area (Å²) in [5, 5.41) is 7.29. The van der Waals surface area contributed by atoms with E-state index in [1.807, 2.05) is 24.3 Å². The van der Waals surface area contributed by atoms with Gasteiger partial charge in [-0.3, -0.25) is 0 Å². The minimum absolute atomic E-state index is 0.0828. The molecule has 7 aromatic carbocycles. The third-order valence-corrected chi connectivity index (χ3v) is 13.2. The van der Waals surface area contributed by atoms with Gasteiger partial charge in [0, 0.05) is 60.8 Å². The molecule has 0 N–H and O–H groups in total. The Bertz CT molecular complexity index is 3650. The highest BCUT2D eigenvalue weighted by molar-refractivity contribution is 6.25. The summed E-state index contributed by atoms with van der Waals surface area (Å²) in [6.45, 7) is 0. The maximum absolute atomic E-state index is 6.89. The van der Waals surface area contributed by atoms with Crippen LogP contribution < -0.4 is 0 Å². The number of allylic oxidation sites excluding steroid dienone is 8. The molecule has 0 spiro atoms. The molecule has 0 bridgehead atoms. The van der Waals surface area contributed by atoms with Crippen molar-refractivity contribution >= 4 is 82.5 Å². The lowest BCUT2D eigenvalue weighted by molar-refractivity contribution is 0.671. The van der Waals surface area contributed by atoms with Crippen molar-refractivity contribution in [3.8, 4) is 22.6 Å². The average molecular weight is 809 g/mol. The quantitative estimate of drug-likeness (QED) is 0.168. The maximum Gasteiger partial charge on any atom is 0.160 e. The van der Waals surface area contributed by atoms with Gasteiger partial charge in [0.2, 0.25) is 0 Å². The molecule has 4 heterocycles. The molecular formula is C58H40N4O. The number of furan rings is 1. The van der Waals surface area contributed by atoms with Gasteiger partial charge in [-0.05, 0) is 78.9 Å². The first kappa shape index (κ1) is 35.7. The second kappa shape index (κ2) is 14.3. The second-order valence-corrected chi connectivity index (χ2v) is 16.8. The first-order chi connectivity index (χ1) is 31.2. The Hall–Kier alpha value is -8.02. The average Bonchev–Trinajstić information content (AvgIpc) is 4.03. The number of benzene rings is 7. The van der Waals surface area contributed by atoms with E-state index in [2.05, 4.69) is 185 Å². The van der Waals surface area contributed by atoms with Crippen LogP contribution >= 0.6 is 0 Å². The molecule has 11 aromatic rings. The van der Waals surface area contributed by atoms with Gasteiger partial charge in [0.25, 0.3) is 0 Å². The van der Waals surface area contributed by atoms with Crippen LogP contribution in [0.15, 0.2) is 205 Å². The second-order valence-electron chi connectivity index (χ2n) is 16.8. The maximum atomic E-state index is 6.89. The molecule has 2 aliphatic carbocycles. The summed E-state index contributed by atoms with van der Waals surface area (Å²) in [5.74, 6) is 0.825. The first-order valence-corrected chi connectivity index (χ1v) is 21.9. The molecule has 5 heteroatoms. The highest BCUT2D eigenvalue weighted by atomic mass is 16.3. The fourth-order valence-electron chi connectivity index (χ4n) is 10.2. The summed E-state index contributed by atoms with van der Waals surface area (Å²) in [7, 11) is 0. The van der Waals surface area contributed by atoms with Gasteiger partial charge >= 0.3 is 0 Å². The van der Waals surface area contributed by atoms with Crippen LogP contribution in [0.3, 0.4) is 0 Å². The largest absolute Gasteiger partial charge is 0.454 e. The summed E-state index contributed by atoms with van der Waals surface area (Å²) < 4.78 is 11.8. The third kappa shape index (κ3) is 5.70. The van der Waals surface area contributed by atoms with Crippen LogP contribution in [0.4, 0.5) is 0 Å². The Kier molecular flexibility index (Phi) is 8.10. The van der Waals surface area contributed by atoms with Crippen LogP contribution in [-0.2, 0) is 0 Å². The van der Waals surface area contributed by atoms with Crippen LogP contribution in [-0.4, -0.2) is 19.1 Å².